The van der Waals surface area contributed by atoms with E-state index in [1.54, 1.807) is 0 Å². The minimum Gasteiger partial charge on any atom is -0.507 e. The molecule has 4 heteroatoms. The van der Waals surface area contributed by atoms with Gasteiger partial charge in [0.2, 0.25) is 5.91 Å². The minimum atomic E-state index is -0.261. The lowest BCUT2D eigenvalue weighted by Crippen LogP contribution is -2.52. The first kappa shape index (κ1) is 19.8. The molecule has 1 amide bonds. The van der Waals surface area contributed by atoms with Gasteiger partial charge in [0, 0.05) is 25.2 Å². The van der Waals surface area contributed by atoms with Crippen molar-refractivity contribution in [2.75, 3.05) is 13.1 Å². The molecule has 0 radical (unpaired) electrons. The average Bonchev–Trinajstić information content (AvgIpc) is 3.00. The van der Waals surface area contributed by atoms with Crippen LogP contribution in [0.25, 0.3) is 0 Å². The van der Waals surface area contributed by atoms with Gasteiger partial charge < -0.3 is 15.3 Å². The lowest BCUT2D eigenvalue weighted by molar-refractivity contribution is -0.135. The van der Waals surface area contributed by atoms with E-state index >= 15 is 0 Å². The largest absolute Gasteiger partial charge is 0.507 e. The molecule has 0 unspecified atom stereocenters. The summed E-state index contributed by atoms with van der Waals surface area (Å²) >= 11 is 0. The number of carbonyl (C=O) groups excluding carboxylic acids is 1. The Labute approximate surface area is 152 Å². The Hall–Kier alpha value is -1.55. The maximum Gasteiger partial charge on any atom is 0.240 e. The van der Waals surface area contributed by atoms with Crippen molar-refractivity contribution < 1.29 is 9.90 Å². The number of carbonyl (C=O) groups is 1. The molecule has 0 saturated carbocycles. The van der Waals surface area contributed by atoms with Crippen LogP contribution in [0, 0.1) is 5.41 Å². The third-order valence-corrected chi connectivity index (χ3v) is 4.95. The molecule has 1 aromatic carbocycles. The topological polar surface area (TPSA) is 52.6 Å². The van der Waals surface area contributed by atoms with Crippen molar-refractivity contribution in [3.05, 3.63) is 29.3 Å². The maximum atomic E-state index is 12.9. The monoisotopic (exact) mass is 346 g/mol. The van der Waals surface area contributed by atoms with Crippen molar-refractivity contribution >= 4 is 5.91 Å². The molecule has 4 nitrogen and oxygen atoms in total. The fourth-order valence-electron chi connectivity index (χ4n) is 3.44. The van der Waals surface area contributed by atoms with Crippen molar-refractivity contribution in [3.8, 4) is 5.75 Å². The molecule has 1 atom stereocenters. The number of phenolic OH excluding ortho intramolecular Hbond substituents is 1. The van der Waals surface area contributed by atoms with E-state index in [1.165, 1.54) is 0 Å². The van der Waals surface area contributed by atoms with Crippen molar-refractivity contribution in [2.45, 2.75) is 72.4 Å². The Balaban J connectivity index is 2.17. The van der Waals surface area contributed by atoms with Gasteiger partial charge in [0.05, 0.1) is 6.04 Å². The fraction of sp³-hybridized carbons (Fsp3) is 0.667. The van der Waals surface area contributed by atoms with Crippen molar-refractivity contribution in [3.63, 3.8) is 0 Å². The zero-order chi connectivity index (χ0) is 18.8. The predicted molar refractivity (Wildman–Crippen MR) is 103 cm³/mol. The van der Waals surface area contributed by atoms with Gasteiger partial charge in [-0.3, -0.25) is 4.79 Å². The molecule has 1 aliphatic rings. The number of para-hydroxylation sites is 1. The van der Waals surface area contributed by atoms with Crippen LogP contribution >= 0.6 is 0 Å². The van der Waals surface area contributed by atoms with Gasteiger partial charge in [0.25, 0.3) is 0 Å². The zero-order valence-corrected chi connectivity index (χ0v) is 16.6. The third kappa shape index (κ3) is 4.75. The first-order valence-electron chi connectivity index (χ1n) is 9.35. The molecule has 1 aliphatic heterocycles. The van der Waals surface area contributed by atoms with Crippen LogP contribution in [0.2, 0.25) is 0 Å². The van der Waals surface area contributed by atoms with Crippen LogP contribution < -0.4 is 5.32 Å². The summed E-state index contributed by atoms with van der Waals surface area (Å²) in [5, 5.41) is 14.1. The molecule has 1 aromatic rings. The summed E-state index contributed by atoms with van der Waals surface area (Å²) in [5.74, 6) is 0.514. The van der Waals surface area contributed by atoms with Crippen LogP contribution in [0.15, 0.2) is 18.2 Å². The second kappa shape index (κ2) is 7.36. The Bertz CT molecular complexity index is 605. The second-order valence-corrected chi connectivity index (χ2v) is 9.28. The van der Waals surface area contributed by atoms with Gasteiger partial charge in [0.15, 0.2) is 0 Å². The molecule has 0 aromatic heterocycles. The van der Waals surface area contributed by atoms with E-state index in [0.717, 1.165) is 37.1 Å². The molecule has 0 aliphatic carbocycles. The van der Waals surface area contributed by atoms with Crippen LogP contribution in [0.1, 0.15) is 65.5 Å². The highest BCUT2D eigenvalue weighted by Gasteiger charge is 2.35. The number of amides is 1. The molecule has 1 fully saturated rings. The minimum absolute atomic E-state index is 0.116. The number of benzene rings is 1. The van der Waals surface area contributed by atoms with Gasteiger partial charge in [-0.15, -0.1) is 0 Å². The normalized spacial score (nSPS) is 17.0. The number of nitrogens with zero attached hydrogens (tertiary/aromatic N) is 1. The third-order valence-electron chi connectivity index (χ3n) is 4.95. The van der Waals surface area contributed by atoms with Gasteiger partial charge >= 0.3 is 0 Å². The molecule has 0 spiro atoms. The highest BCUT2D eigenvalue weighted by molar-refractivity contribution is 5.83. The lowest BCUT2D eigenvalue weighted by atomic mass is 9.84. The summed E-state index contributed by atoms with van der Waals surface area (Å²) in [6.45, 7) is 14.7. The standard InChI is InChI=1S/C21H34N2O2/c1-20(2,3)16-11-9-10-15(17(16)24)14-22-18(21(4,5)6)19(25)23-12-7-8-13-23/h9-11,18,22,24H,7-8,12-14H2,1-6H3/t18-/m1/s1. The molecule has 2 N–H and O–H groups in total. The van der Waals surface area contributed by atoms with Crippen LogP contribution in [0.5, 0.6) is 5.75 Å². The summed E-state index contributed by atoms with van der Waals surface area (Å²) in [4.78, 5) is 14.9. The van der Waals surface area contributed by atoms with E-state index in [1.807, 2.05) is 23.1 Å². The van der Waals surface area contributed by atoms with Gasteiger partial charge in [-0.1, -0.05) is 59.7 Å². The Morgan fingerprint density at radius 1 is 1.16 bits per heavy atom. The quantitative estimate of drug-likeness (QED) is 0.871. The highest BCUT2D eigenvalue weighted by Crippen LogP contribution is 2.33. The number of likely N-dealkylation sites (tertiary alicyclic amines) is 1. The molecule has 0 bridgehead atoms. The average molecular weight is 347 g/mol. The van der Waals surface area contributed by atoms with Gasteiger partial charge in [-0.25, -0.2) is 0 Å². The summed E-state index contributed by atoms with van der Waals surface area (Å²) in [5.41, 5.74) is 1.48. The second-order valence-electron chi connectivity index (χ2n) is 9.28. The number of aromatic hydroxyl groups is 1. The highest BCUT2D eigenvalue weighted by atomic mass is 16.3. The molecular formula is C21H34N2O2. The van der Waals surface area contributed by atoms with Crippen molar-refractivity contribution in [1.82, 2.24) is 10.2 Å². The van der Waals surface area contributed by atoms with E-state index in [4.69, 9.17) is 0 Å². The van der Waals surface area contributed by atoms with E-state index in [2.05, 4.69) is 46.9 Å². The smallest absolute Gasteiger partial charge is 0.240 e. The molecule has 25 heavy (non-hydrogen) atoms. The van der Waals surface area contributed by atoms with Gasteiger partial charge in [0.1, 0.15) is 5.75 Å². The van der Waals surface area contributed by atoms with Crippen LogP contribution in [0.3, 0.4) is 0 Å². The van der Waals surface area contributed by atoms with Crippen LogP contribution in [-0.4, -0.2) is 35.0 Å². The maximum absolute atomic E-state index is 12.9. The summed E-state index contributed by atoms with van der Waals surface area (Å²) in [6, 6.07) is 5.61. The number of hydrogen-bond donors (Lipinski definition) is 2. The zero-order valence-electron chi connectivity index (χ0n) is 16.6. The summed E-state index contributed by atoms with van der Waals surface area (Å²) in [7, 11) is 0. The van der Waals surface area contributed by atoms with Crippen LogP contribution in [0.4, 0.5) is 0 Å². The summed E-state index contributed by atoms with van der Waals surface area (Å²) < 4.78 is 0. The van der Waals surface area contributed by atoms with E-state index in [-0.39, 0.29) is 22.8 Å². The Kier molecular flexibility index (Phi) is 5.82. The van der Waals surface area contributed by atoms with E-state index < -0.39 is 0 Å². The van der Waals surface area contributed by atoms with E-state index in [0.29, 0.717) is 12.3 Å². The van der Waals surface area contributed by atoms with Crippen molar-refractivity contribution in [1.29, 1.82) is 0 Å². The van der Waals surface area contributed by atoms with Crippen LogP contribution in [-0.2, 0) is 16.8 Å². The SMILES string of the molecule is CC(C)(C)c1cccc(CN[C@H](C(=O)N2CCCC2)C(C)(C)C)c1O. The summed E-state index contributed by atoms with van der Waals surface area (Å²) in [6.07, 6.45) is 2.19. The molecule has 140 valence electrons. The van der Waals surface area contributed by atoms with Gasteiger partial charge in [-0.05, 0) is 29.2 Å². The number of hydrogen-bond acceptors (Lipinski definition) is 3. The fourth-order valence-corrected chi connectivity index (χ4v) is 3.44. The van der Waals surface area contributed by atoms with Gasteiger partial charge in [-0.2, -0.15) is 0 Å². The molecule has 2 rings (SSSR count). The van der Waals surface area contributed by atoms with E-state index in [9.17, 15) is 9.90 Å². The number of nitrogens with one attached hydrogen (secondary N) is 1. The molecular weight excluding hydrogens is 312 g/mol. The predicted octanol–water partition coefficient (Wildman–Crippen LogP) is 3.82. The lowest BCUT2D eigenvalue weighted by Gasteiger charge is -2.34. The Morgan fingerprint density at radius 3 is 2.28 bits per heavy atom. The first-order chi connectivity index (χ1) is 11.5. The van der Waals surface area contributed by atoms with Crippen molar-refractivity contribution in [2.24, 2.45) is 5.41 Å². The number of rotatable bonds is 4. The number of phenols is 1. The Morgan fingerprint density at radius 2 is 1.76 bits per heavy atom. The molecule has 1 saturated heterocycles. The molecule has 1 heterocycles. The first-order valence-corrected chi connectivity index (χ1v) is 9.35.